The molecule has 2 aromatic rings. The van der Waals surface area contributed by atoms with Gasteiger partial charge in [0.25, 0.3) is 10.0 Å². The molecule has 1 aliphatic rings. The zero-order valence-corrected chi connectivity index (χ0v) is 15.1. The first-order chi connectivity index (χ1) is 11.8. The molecular weight excluding hydrogens is 343 g/mol. The summed E-state index contributed by atoms with van der Waals surface area (Å²) >= 11 is 0. The fourth-order valence-electron chi connectivity index (χ4n) is 2.48. The van der Waals surface area contributed by atoms with Gasteiger partial charge in [-0.15, -0.1) is 0 Å². The van der Waals surface area contributed by atoms with Crippen LogP contribution in [0.1, 0.15) is 29.7 Å². The van der Waals surface area contributed by atoms with Gasteiger partial charge in [-0.1, -0.05) is 12.1 Å². The maximum absolute atomic E-state index is 13.4. The number of hydrogen-bond donors (Lipinski definition) is 1. The summed E-state index contributed by atoms with van der Waals surface area (Å²) in [7, 11) is -3.90. The molecular formula is C18H21FN2O3S. The molecule has 3 rings (SSSR count). The second-order valence-electron chi connectivity index (χ2n) is 6.41. The lowest BCUT2D eigenvalue weighted by Gasteiger charge is -2.12. The van der Waals surface area contributed by atoms with Gasteiger partial charge in [0.1, 0.15) is 11.6 Å². The lowest BCUT2D eigenvalue weighted by atomic mass is 10.2. The van der Waals surface area contributed by atoms with Gasteiger partial charge in [0.15, 0.2) is 0 Å². The van der Waals surface area contributed by atoms with Gasteiger partial charge in [-0.3, -0.25) is 4.72 Å². The quantitative estimate of drug-likeness (QED) is 0.816. The van der Waals surface area contributed by atoms with Crippen LogP contribution in [0.2, 0.25) is 0 Å². The van der Waals surface area contributed by atoms with Crippen molar-refractivity contribution in [2.45, 2.75) is 38.2 Å². The molecule has 1 fully saturated rings. The Labute approximate surface area is 147 Å². The number of pyridine rings is 1. The summed E-state index contributed by atoms with van der Waals surface area (Å²) in [4.78, 5) is 4.19. The Balaban J connectivity index is 1.73. The highest BCUT2D eigenvalue weighted by Crippen LogP contribution is 2.29. The van der Waals surface area contributed by atoms with E-state index >= 15 is 0 Å². The Morgan fingerprint density at radius 2 is 2.00 bits per heavy atom. The summed E-state index contributed by atoms with van der Waals surface area (Å²) in [6.45, 7) is 4.64. The van der Waals surface area contributed by atoms with E-state index in [1.807, 2.05) is 0 Å². The van der Waals surface area contributed by atoms with Crippen molar-refractivity contribution in [2.24, 2.45) is 5.92 Å². The molecule has 0 atom stereocenters. The zero-order chi connectivity index (χ0) is 18.0. The average molecular weight is 364 g/mol. The van der Waals surface area contributed by atoms with E-state index in [0.29, 0.717) is 23.8 Å². The van der Waals surface area contributed by atoms with Crippen LogP contribution in [0.25, 0.3) is 0 Å². The summed E-state index contributed by atoms with van der Waals surface area (Å²) in [6.07, 6.45) is 2.47. The van der Waals surface area contributed by atoms with Gasteiger partial charge >= 0.3 is 0 Å². The molecule has 0 spiro atoms. The molecule has 1 N–H and O–H groups in total. The molecule has 0 amide bonds. The van der Waals surface area contributed by atoms with Crippen LogP contribution in [0.15, 0.2) is 35.2 Å². The van der Waals surface area contributed by atoms with Crippen LogP contribution < -0.4 is 4.72 Å². The number of sulfonamides is 1. The van der Waals surface area contributed by atoms with Gasteiger partial charge in [0.2, 0.25) is 0 Å². The highest BCUT2D eigenvalue weighted by atomic mass is 32.2. The molecule has 1 aromatic carbocycles. The highest BCUT2D eigenvalue weighted by molar-refractivity contribution is 7.92. The molecule has 5 nitrogen and oxygen atoms in total. The third kappa shape index (κ3) is 4.55. The fraction of sp³-hybridized carbons (Fsp3) is 0.389. The second-order valence-corrected chi connectivity index (χ2v) is 8.07. The Bertz CT molecular complexity index is 880. The van der Waals surface area contributed by atoms with Gasteiger partial charge in [-0.25, -0.2) is 17.8 Å². The van der Waals surface area contributed by atoms with Crippen LogP contribution >= 0.6 is 0 Å². The molecule has 7 heteroatoms. The summed E-state index contributed by atoms with van der Waals surface area (Å²) in [5.41, 5.74) is 2.09. The van der Waals surface area contributed by atoms with E-state index < -0.39 is 15.8 Å². The van der Waals surface area contributed by atoms with Crippen molar-refractivity contribution in [1.29, 1.82) is 0 Å². The van der Waals surface area contributed by atoms with Crippen molar-refractivity contribution in [1.82, 2.24) is 4.98 Å². The predicted octanol–water partition coefficient (Wildman–Crippen LogP) is 3.56. The largest absolute Gasteiger partial charge is 0.376 e. The molecule has 1 saturated carbocycles. The third-order valence-electron chi connectivity index (χ3n) is 4.18. The van der Waals surface area contributed by atoms with Crippen molar-refractivity contribution in [3.8, 4) is 0 Å². The maximum atomic E-state index is 13.4. The molecule has 0 unspecified atom stereocenters. The van der Waals surface area contributed by atoms with Gasteiger partial charge < -0.3 is 4.74 Å². The SMILES string of the molecule is Cc1ccc(F)cc1S(=O)(=O)Nc1ccc(COCC2CC2)c(C)n1. The fourth-order valence-corrected chi connectivity index (χ4v) is 3.73. The molecule has 1 heterocycles. The van der Waals surface area contributed by atoms with E-state index in [4.69, 9.17) is 4.74 Å². The van der Waals surface area contributed by atoms with Crippen LogP contribution in [0, 0.1) is 25.6 Å². The number of aromatic nitrogens is 1. The Morgan fingerprint density at radius 3 is 2.68 bits per heavy atom. The molecule has 0 radical (unpaired) electrons. The maximum Gasteiger partial charge on any atom is 0.263 e. The van der Waals surface area contributed by atoms with Crippen molar-refractivity contribution in [3.63, 3.8) is 0 Å². The topological polar surface area (TPSA) is 68.3 Å². The minimum absolute atomic E-state index is 0.0937. The standard InChI is InChI=1S/C18H21FN2O3S/c1-12-3-7-16(19)9-17(12)25(22,23)21-18-8-6-15(13(2)20-18)11-24-10-14-4-5-14/h3,6-9,14H,4-5,10-11H2,1-2H3,(H,20,21). The van der Waals surface area contributed by atoms with Crippen LogP contribution in [-0.4, -0.2) is 20.0 Å². The zero-order valence-electron chi connectivity index (χ0n) is 14.3. The first-order valence-corrected chi connectivity index (χ1v) is 9.67. The molecule has 1 aromatic heterocycles. The monoisotopic (exact) mass is 364 g/mol. The smallest absolute Gasteiger partial charge is 0.263 e. The highest BCUT2D eigenvalue weighted by Gasteiger charge is 2.21. The van der Waals surface area contributed by atoms with Crippen LogP contribution in [-0.2, 0) is 21.4 Å². The normalized spacial score (nSPS) is 14.5. The molecule has 0 saturated heterocycles. The number of rotatable bonds is 7. The third-order valence-corrected chi connectivity index (χ3v) is 5.68. The predicted molar refractivity (Wildman–Crippen MR) is 93.3 cm³/mol. The lowest BCUT2D eigenvalue weighted by Crippen LogP contribution is -2.16. The van der Waals surface area contributed by atoms with Gasteiger partial charge in [-0.2, -0.15) is 0 Å². The first-order valence-electron chi connectivity index (χ1n) is 8.18. The Kier molecular flexibility index (Phi) is 5.06. The average Bonchev–Trinajstić information content (AvgIpc) is 3.35. The van der Waals surface area contributed by atoms with Crippen LogP contribution in [0.4, 0.5) is 10.2 Å². The molecule has 0 bridgehead atoms. The van der Waals surface area contributed by atoms with Gasteiger partial charge in [0, 0.05) is 12.3 Å². The summed E-state index contributed by atoms with van der Waals surface area (Å²) in [5.74, 6) is 0.291. The van der Waals surface area contributed by atoms with E-state index in [1.54, 1.807) is 26.0 Å². The van der Waals surface area contributed by atoms with E-state index in [1.165, 1.54) is 25.0 Å². The number of nitrogens with one attached hydrogen (secondary N) is 1. The number of nitrogens with zero attached hydrogens (tertiary/aromatic N) is 1. The summed E-state index contributed by atoms with van der Waals surface area (Å²) in [6, 6.07) is 7.06. The minimum Gasteiger partial charge on any atom is -0.376 e. The number of benzene rings is 1. The number of anilines is 1. The van der Waals surface area contributed by atoms with E-state index in [-0.39, 0.29) is 10.7 Å². The van der Waals surface area contributed by atoms with Crippen molar-refractivity contribution < 1.29 is 17.5 Å². The van der Waals surface area contributed by atoms with Crippen LogP contribution in [0.3, 0.4) is 0 Å². The molecule has 0 aliphatic heterocycles. The van der Waals surface area contributed by atoms with Crippen molar-refractivity contribution >= 4 is 15.8 Å². The summed E-state index contributed by atoms with van der Waals surface area (Å²) < 4.78 is 46.4. The van der Waals surface area contributed by atoms with Gasteiger partial charge in [0.05, 0.1) is 11.5 Å². The number of aryl methyl sites for hydroxylation is 2. The van der Waals surface area contributed by atoms with E-state index in [9.17, 15) is 12.8 Å². The van der Waals surface area contributed by atoms with Crippen molar-refractivity contribution in [2.75, 3.05) is 11.3 Å². The van der Waals surface area contributed by atoms with Gasteiger partial charge in [-0.05, 0) is 61.9 Å². The molecule has 25 heavy (non-hydrogen) atoms. The summed E-state index contributed by atoms with van der Waals surface area (Å²) in [5, 5.41) is 0. The molecule has 1 aliphatic carbocycles. The number of ether oxygens (including phenoxy) is 1. The minimum atomic E-state index is -3.90. The molecule has 134 valence electrons. The second kappa shape index (κ2) is 7.09. The Hall–Kier alpha value is -1.99. The number of halogens is 1. The van der Waals surface area contributed by atoms with Crippen molar-refractivity contribution in [3.05, 3.63) is 53.0 Å². The number of hydrogen-bond acceptors (Lipinski definition) is 4. The van der Waals surface area contributed by atoms with E-state index in [0.717, 1.165) is 18.2 Å². The first kappa shape index (κ1) is 17.8. The van der Waals surface area contributed by atoms with E-state index in [2.05, 4.69) is 9.71 Å². The lowest BCUT2D eigenvalue weighted by molar-refractivity contribution is 0.110. The van der Waals surface area contributed by atoms with Crippen LogP contribution in [0.5, 0.6) is 0 Å². The Morgan fingerprint density at radius 1 is 1.24 bits per heavy atom.